The second-order valence-corrected chi connectivity index (χ2v) is 9.19. The first-order valence-corrected chi connectivity index (χ1v) is 10.8. The van der Waals surface area contributed by atoms with Crippen LogP contribution in [-0.2, 0) is 22.9 Å². The van der Waals surface area contributed by atoms with E-state index in [1.165, 1.54) is 16.6 Å². The molecule has 0 spiro atoms. The van der Waals surface area contributed by atoms with Crippen molar-refractivity contribution >= 4 is 21.6 Å². The van der Waals surface area contributed by atoms with Crippen molar-refractivity contribution in [3.63, 3.8) is 0 Å². The van der Waals surface area contributed by atoms with Crippen molar-refractivity contribution in [1.82, 2.24) is 5.32 Å². The molecule has 2 atom stereocenters. The van der Waals surface area contributed by atoms with Crippen molar-refractivity contribution in [2.45, 2.75) is 38.3 Å². The number of nitrogens with zero attached hydrogens (tertiary/aromatic N) is 1. The summed E-state index contributed by atoms with van der Waals surface area (Å²) in [5, 5.41) is 2.98. The van der Waals surface area contributed by atoms with E-state index in [9.17, 15) is 17.6 Å². The van der Waals surface area contributed by atoms with Crippen LogP contribution in [0, 0.1) is 5.82 Å². The Labute approximate surface area is 158 Å². The molecule has 1 amide bonds. The lowest BCUT2D eigenvalue weighted by Crippen LogP contribution is -2.34. The summed E-state index contributed by atoms with van der Waals surface area (Å²) in [6.07, 6.45) is 3.04. The SMILES string of the molecule is CC1Cc2cc(C(=O)NC3CCc4c(F)cccc43)ccc2N1S(C)(=O)=O. The minimum Gasteiger partial charge on any atom is -0.345 e. The molecule has 0 radical (unpaired) electrons. The first-order chi connectivity index (χ1) is 12.8. The van der Waals surface area contributed by atoms with Crippen molar-refractivity contribution < 1.29 is 17.6 Å². The summed E-state index contributed by atoms with van der Waals surface area (Å²) in [6, 6.07) is 9.68. The first-order valence-electron chi connectivity index (χ1n) is 8.96. The van der Waals surface area contributed by atoms with Gasteiger partial charge in [0, 0.05) is 11.6 Å². The van der Waals surface area contributed by atoms with Gasteiger partial charge in [-0.2, -0.15) is 0 Å². The number of anilines is 1. The maximum Gasteiger partial charge on any atom is 0.251 e. The van der Waals surface area contributed by atoms with Crippen LogP contribution in [0.3, 0.4) is 0 Å². The van der Waals surface area contributed by atoms with Gasteiger partial charge < -0.3 is 5.32 Å². The monoisotopic (exact) mass is 388 g/mol. The maximum atomic E-state index is 13.9. The van der Waals surface area contributed by atoms with Gasteiger partial charge in [0.25, 0.3) is 5.91 Å². The molecule has 1 heterocycles. The van der Waals surface area contributed by atoms with Crippen LogP contribution in [0.25, 0.3) is 0 Å². The fraction of sp³-hybridized carbons (Fsp3) is 0.350. The molecule has 142 valence electrons. The Kier molecular flexibility index (Phi) is 4.22. The number of carbonyl (C=O) groups is 1. The number of rotatable bonds is 3. The minimum atomic E-state index is -3.36. The van der Waals surface area contributed by atoms with E-state index in [4.69, 9.17) is 0 Å². The summed E-state index contributed by atoms with van der Waals surface area (Å²) in [7, 11) is -3.36. The summed E-state index contributed by atoms with van der Waals surface area (Å²) in [6.45, 7) is 1.85. The molecule has 2 unspecified atom stereocenters. The molecule has 2 aliphatic rings. The largest absolute Gasteiger partial charge is 0.345 e. The number of benzene rings is 2. The van der Waals surface area contributed by atoms with Crippen molar-refractivity contribution in [2.24, 2.45) is 0 Å². The number of hydrogen-bond donors (Lipinski definition) is 1. The molecule has 27 heavy (non-hydrogen) atoms. The van der Waals surface area contributed by atoms with Crippen molar-refractivity contribution in [3.8, 4) is 0 Å². The highest BCUT2D eigenvalue weighted by molar-refractivity contribution is 7.92. The van der Waals surface area contributed by atoms with Gasteiger partial charge in [0.05, 0.1) is 18.0 Å². The Bertz CT molecular complexity index is 1040. The van der Waals surface area contributed by atoms with Crippen LogP contribution in [0.4, 0.5) is 10.1 Å². The highest BCUT2D eigenvalue weighted by Gasteiger charge is 2.33. The Morgan fingerprint density at radius 2 is 2.04 bits per heavy atom. The van der Waals surface area contributed by atoms with E-state index in [0.29, 0.717) is 36.1 Å². The summed E-state index contributed by atoms with van der Waals surface area (Å²) in [5.74, 6) is -0.456. The molecule has 4 rings (SSSR count). The van der Waals surface area contributed by atoms with Crippen molar-refractivity contribution in [2.75, 3.05) is 10.6 Å². The Morgan fingerprint density at radius 1 is 1.26 bits per heavy atom. The van der Waals surface area contributed by atoms with Gasteiger partial charge in [0.2, 0.25) is 10.0 Å². The molecule has 0 fully saturated rings. The third-order valence-corrected chi connectivity index (χ3v) is 6.64. The topological polar surface area (TPSA) is 66.5 Å². The summed E-state index contributed by atoms with van der Waals surface area (Å²) >= 11 is 0. The third kappa shape index (κ3) is 3.10. The second kappa shape index (κ2) is 6.34. The lowest BCUT2D eigenvalue weighted by atomic mass is 10.0. The quantitative estimate of drug-likeness (QED) is 0.879. The predicted molar refractivity (Wildman–Crippen MR) is 102 cm³/mol. The van der Waals surface area contributed by atoms with Crippen LogP contribution in [0.15, 0.2) is 36.4 Å². The molecule has 1 aliphatic heterocycles. The van der Waals surface area contributed by atoms with Gasteiger partial charge in [-0.3, -0.25) is 9.10 Å². The zero-order valence-electron chi connectivity index (χ0n) is 15.2. The summed E-state index contributed by atoms with van der Waals surface area (Å²) in [4.78, 5) is 12.7. The molecular formula is C20H21FN2O3S. The minimum absolute atomic E-state index is 0.169. The number of amides is 1. The van der Waals surface area contributed by atoms with Gasteiger partial charge in [-0.1, -0.05) is 12.1 Å². The van der Waals surface area contributed by atoms with Crippen LogP contribution in [-0.4, -0.2) is 26.6 Å². The average molecular weight is 388 g/mol. The van der Waals surface area contributed by atoms with E-state index in [1.807, 2.05) is 13.0 Å². The van der Waals surface area contributed by atoms with E-state index in [2.05, 4.69) is 5.32 Å². The standard InChI is InChI=1S/C20H21FN2O3S/c1-12-10-14-11-13(6-9-19(14)23(12)27(2,25)26)20(24)22-18-8-7-15-16(18)4-3-5-17(15)21/h3-6,9,11-12,18H,7-8,10H2,1-2H3,(H,22,24). The number of halogens is 1. The number of sulfonamides is 1. The highest BCUT2D eigenvalue weighted by atomic mass is 32.2. The number of fused-ring (bicyclic) bond motifs is 2. The molecule has 0 bridgehead atoms. The molecule has 5 nitrogen and oxygen atoms in total. The number of hydrogen-bond acceptors (Lipinski definition) is 3. The Morgan fingerprint density at radius 3 is 2.78 bits per heavy atom. The molecule has 1 aliphatic carbocycles. The zero-order chi connectivity index (χ0) is 19.3. The van der Waals surface area contributed by atoms with Gasteiger partial charge in [-0.05, 0) is 67.1 Å². The molecule has 1 N–H and O–H groups in total. The first kappa shape index (κ1) is 18.0. The van der Waals surface area contributed by atoms with Crippen LogP contribution in [0.5, 0.6) is 0 Å². The van der Waals surface area contributed by atoms with Gasteiger partial charge in [-0.15, -0.1) is 0 Å². The van der Waals surface area contributed by atoms with E-state index in [-0.39, 0.29) is 23.8 Å². The fourth-order valence-corrected chi connectivity index (χ4v) is 5.51. The van der Waals surface area contributed by atoms with Crippen LogP contribution in [0.2, 0.25) is 0 Å². The summed E-state index contributed by atoms with van der Waals surface area (Å²) < 4.78 is 39.3. The van der Waals surface area contributed by atoms with E-state index >= 15 is 0 Å². The number of nitrogens with one attached hydrogen (secondary N) is 1. The molecule has 0 aromatic heterocycles. The van der Waals surface area contributed by atoms with Gasteiger partial charge in [0.1, 0.15) is 5.82 Å². The molecule has 0 saturated carbocycles. The van der Waals surface area contributed by atoms with Crippen LogP contribution >= 0.6 is 0 Å². The molecule has 7 heteroatoms. The van der Waals surface area contributed by atoms with Crippen LogP contribution < -0.4 is 9.62 Å². The van der Waals surface area contributed by atoms with Gasteiger partial charge >= 0.3 is 0 Å². The lowest BCUT2D eigenvalue weighted by Gasteiger charge is -2.22. The summed E-state index contributed by atoms with van der Waals surface area (Å²) in [5.41, 5.74) is 3.48. The zero-order valence-corrected chi connectivity index (χ0v) is 16.0. The Balaban J connectivity index is 1.57. The van der Waals surface area contributed by atoms with E-state index in [0.717, 1.165) is 11.1 Å². The molecule has 2 aromatic carbocycles. The smallest absolute Gasteiger partial charge is 0.251 e. The third-order valence-electron chi connectivity index (χ3n) is 5.37. The van der Waals surface area contributed by atoms with Gasteiger partial charge in [0.15, 0.2) is 0 Å². The Hall–Kier alpha value is -2.41. The highest BCUT2D eigenvalue weighted by Crippen LogP contribution is 2.36. The molecule has 2 aromatic rings. The normalized spacial score (nSPS) is 21.1. The van der Waals surface area contributed by atoms with E-state index in [1.54, 1.807) is 24.3 Å². The molecular weight excluding hydrogens is 367 g/mol. The van der Waals surface area contributed by atoms with Crippen molar-refractivity contribution in [1.29, 1.82) is 0 Å². The van der Waals surface area contributed by atoms with Crippen molar-refractivity contribution in [3.05, 3.63) is 64.5 Å². The predicted octanol–water partition coefficient (Wildman–Crippen LogP) is 2.95. The number of carbonyl (C=O) groups excluding carboxylic acids is 1. The van der Waals surface area contributed by atoms with Gasteiger partial charge in [-0.25, -0.2) is 12.8 Å². The maximum absolute atomic E-state index is 13.9. The lowest BCUT2D eigenvalue weighted by molar-refractivity contribution is 0.0936. The average Bonchev–Trinajstić information content (AvgIpc) is 3.14. The van der Waals surface area contributed by atoms with Crippen LogP contribution in [0.1, 0.15) is 46.4 Å². The second-order valence-electron chi connectivity index (χ2n) is 7.33. The fourth-order valence-electron chi connectivity index (χ4n) is 4.25. The van der Waals surface area contributed by atoms with E-state index < -0.39 is 10.0 Å². The molecule has 0 saturated heterocycles.